The summed E-state index contributed by atoms with van der Waals surface area (Å²) in [5, 5.41) is 0. The van der Waals surface area contributed by atoms with Crippen LogP contribution in [0.4, 0.5) is 0 Å². The standard InChI is InChI=1S/C29H33N3O6S/c33-28(30-38-29-6-1-2-17-37-29)12-9-24-13-14-32(22-24)39(34,35)27-5-3-4-26(20-27)25-10-7-23(8-11-25)21-31-15-18-36-19-16-31/h3-5,7-14,20,22,29H,1-2,6,15-19,21H2,(H,30,33)/b12-9+. The van der Waals surface area contributed by atoms with Crippen LogP contribution >= 0.6 is 0 Å². The average Bonchev–Trinajstić information content (AvgIpc) is 3.47. The predicted molar refractivity (Wildman–Crippen MR) is 147 cm³/mol. The van der Waals surface area contributed by atoms with Gasteiger partial charge in [0, 0.05) is 51.1 Å². The molecule has 1 atom stereocenters. The van der Waals surface area contributed by atoms with Gasteiger partial charge in [-0.1, -0.05) is 36.4 Å². The molecule has 10 heteroatoms. The molecule has 2 aliphatic rings. The number of hydrogen-bond acceptors (Lipinski definition) is 7. The van der Waals surface area contributed by atoms with E-state index in [1.807, 2.05) is 18.2 Å². The minimum absolute atomic E-state index is 0.183. The molecule has 3 aromatic rings. The third kappa shape index (κ3) is 7.23. The van der Waals surface area contributed by atoms with Crippen LogP contribution in [0.1, 0.15) is 30.4 Å². The fourth-order valence-corrected chi connectivity index (χ4v) is 5.80. The van der Waals surface area contributed by atoms with Crippen molar-refractivity contribution in [1.29, 1.82) is 0 Å². The number of hydrogen-bond donors (Lipinski definition) is 1. The van der Waals surface area contributed by atoms with Gasteiger partial charge < -0.3 is 9.47 Å². The maximum atomic E-state index is 13.3. The molecular formula is C29H33N3O6S. The zero-order chi connectivity index (χ0) is 27.1. The molecule has 206 valence electrons. The van der Waals surface area contributed by atoms with Crippen LogP contribution in [-0.4, -0.2) is 62.4 Å². The van der Waals surface area contributed by atoms with Crippen molar-refractivity contribution in [2.45, 2.75) is 37.0 Å². The van der Waals surface area contributed by atoms with Crippen LogP contribution in [0.3, 0.4) is 0 Å². The van der Waals surface area contributed by atoms with E-state index in [0.717, 1.165) is 67.2 Å². The molecule has 9 nitrogen and oxygen atoms in total. The van der Waals surface area contributed by atoms with E-state index in [2.05, 4.69) is 22.5 Å². The van der Waals surface area contributed by atoms with Crippen LogP contribution in [0.15, 0.2) is 78.0 Å². The number of ether oxygens (including phenoxy) is 2. The first-order valence-electron chi connectivity index (χ1n) is 13.2. The topological polar surface area (TPSA) is 99.1 Å². The van der Waals surface area contributed by atoms with Gasteiger partial charge in [-0.15, -0.1) is 0 Å². The normalized spacial score (nSPS) is 18.8. The summed E-state index contributed by atoms with van der Waals surface area (Å²) < 4.78 is 38.6. The molecule has 2 aliphatic heterocycles. The zero-order valence-corrected chi connectivity index (χ0v) is 22.5. The molecule has 39 heavy (non-hydrogen) atoms. The Kier molecular flexibility index (Phi) is 8.90. The smallest absolute Gasteiger partial charge is 0.267 e. The number of nitrogens with zero attached hydrogens (tertiary/aromatic N) is 2. The fraction of sp³-hybridized carbons (Fsp3) is 0.345. The van der Waals surface area contributed by atoms with Gasteiger partial charge in [-0.2, -0.15) is 0 Å². The number of amides is 1. The molecule has 2 saturated heterocycles. The Labute approximate surface area is 229 Å². The largest absolute Gasteiger partial charge is 0.379 e. The van der Waals surface area contributed by atoms with Gasteiger partial charge in [0.25, 0.3) is 15.9 Å². The van der Waals surface area contributed by atoms with Crippen LogP contribution in [-0.2, 0) is 35.7 Å². The number of carbonyl (C=O) groups excluding carboxylic acids is 1. The molecular weight excluding hydrogens is 518 g/mol. The monoisotopic (exact) mass is 551 g/mol. The van der Waals surface area contributed by atoms with Crippen molar-refractivity contribution >= 4 is 22.0 Å². The molecule has 0 aliphatic carbocycles. The van der Waals surface area contributed by atoms with Crippen molar-refractivity contribution in [3.8, 4) is 11.1 Å². The van der Waals surface area contributed by atoms with E-state index in [4.69, 9.17) is 14.3 Å². The summed E-state index contributed by atoms with van der Waals surface area (Å²) in [5.41, 5.74) is 5.89. The summed E-state index contributed by atoms with van der Waals surface area (Å²) in [6.07, 6.45) is 8.02. The maximum absolute atomic E-state index is 13.3. The van der Waals surface area contributed by atoms with E-state index in [9.17, 15) is 13.2 Å². The van der Waals surface area contributed by atoms with E-state index in [1.54, 1.807) is 24.3 Å². The molecule has 0 bridgehead atoms. The van der Waals surface area contributed by atoms with Crippen molar-refractivity contribution in [3.63, 3.8) is 0 Å². The average molecular weight is 552 g/mol. The highest BCUT2D eigenvalue weighted by atomic mass is 32.2. The molecule has 0 radical (unpaired) electrons. The van der Waals surface area contributed by atoms with Crippen LogP contribution in [0, 0.1) is 0 Å². The van der Waals surface area contributed by atoms with Gasteiger partial charge in [-0.05, 0) is 59.4 Å². The third-order valence-electron chi connectivity index (χ3n) is 6.75. The first-order valence-corrected chi connectivity index (χ1v) is 14.6. The summed E-state index contributed by atoms with van der Waals surface area (Å²) in [5.74, 6) is -0.455. The summed E-state index contributed by atoms with van der Waals surface area (Å²) >= 11 is 0. The Balaban J connectivity index is 1.22. The highest BCUT2D eigenvalue weighted by Gasteiger charge is 2.18. The summed E-state index contributed by atoms with van der Waals surface area (Å²) in [6.45, 7) is 4.86. The second kappa shape index (κ2) is 12.7. The highest BCUT2D eigenvalue weighted by Crippen LogP contribution is 2.25. The lowest BCUT2D eigenvalue weighted by Gasteiger charge is -2.26. The maximum Gasteiger partial charge on any atom is 0.267 e. The van der Waals surface area contributed by atoms with E-state index in [-0.39, 0.29) is 4.90 Å². The Hall–Kier alpha value is -3.28. The van der Waals surface area contributed by atoms with Gasteiger partial charge >= 0.3 is 0 Å². The fourth-order valence-electron chi connectivity index (χ4n) is 4.55. The molecule has 1 aromatic heterocycles. The second-order valence-corrected chi connectivity index (χ2v) is 11.4. The summed E-state index contributed by atoms with van der Waals surface area (Å²) in [7, 11) is -3.82. The molecule has 1 amide bonds. The van der Waals surface area contributed by atoms with Crippen molar-refractivity contribution < 1.29 is 27.5 Å². The predicted octanol–water partition coefficient (Wildman–Crippen LogP) is 3.81. The van der Waals surface area contributed by atoms with Gasteiger partial charge in [0.2, 0.25) is 0 Å². The molecule has 0 spiro atoms. The number of morpholine rings is 1. The van der Waals surface area contributed by atoms with Crippen LogP contribution in [0.2, 0.25) is 0 Å². The first kappa shape index (κ1) is 27.3. The van der Waals surface area contributed by atoms with Crippen molar-refractivity contribution in [1.82, 2.24) is 14.4 Å². The number of carbonyl (C=O) groups is 1. The van der Waals surface area contributed by atoms with Crippen LogP contribution < -0.4 is 5.48 Å². The third-order valence-corrected chi connectivity index (χ3v) is 8.38. The van der Waals surface area contributed by atoms with Crippen molar-refractivity contribution in [2.75, 3.05) is 32.9 Å². The molecule has 2 aromatic carbocycles. The minimum atomic E-state index is -3.82. The number of nitrogens with one attached hydrogen (secondary N) is 1. The number of benzene rings is 2. The molecule has 2 fully saturated rings. The molecule has 1 N–H and O–H groups in total. The Morgan fingerprint density at radius 2 is 1.85 bits per heavy atom. The van der Waals surface area contributed by atoms with E-state index in [1.165, 1.54) is 30.1 Å². The second-order valence-electron chi connectivity index (χ2n) is 9.61. The van der Waals surface area contributed by atoms with E-state index < -0.39 is 22.2 Å². The quantitative estimate of drug-likeness (QED) is 0.319. The molecule has 3 heterocycles. The Bertz CT molecular complexity index is 1390. The first-order chi connectivity index (χ1) is 19.0. The number of rotatable bonds is 9. The van der Waals surface area contributed by atoms with Gasteiger partial charge in [-0.3, -0.25) is 9.69 Å². The Morgan fingerprint density at radius 1 is 1.03 bits per heavy atom. The molecule has 0 saturated carbocycles. The summed E-state index contributed by atoms with van der Waals surface area (Å²) in [6, 6.07) is 16.8. The molecule has 1 unspecified atom stereocenters. The minimum Gasteiger partial charge on any atom is -0.379 e. The van der Waals surface area contributed by atoms with Gasteiger partial charge in [-0.25, -0.2) is 22.7 Å². The SMILES string of the molecule is O=C(/C=C/c1ccn(S(=O)(=O)c2cccc(-c3ccc(CN4CCOCC4)cc3)c2)c1)NOC1CCCCO1. The lowest BCUT2D eigenvalue weighted by atomic mass is 10.0. The van der Waals surface area contributed by atoms with E-state index >= 15 is 0 Å². The summed E-state index contributed by atoms with van der Waals surface area (Å²) in [4.78, 5) is 19.9. The lowest BCUT2D eigenvalue weighted by molar-refractivity contribution is -0.198. The van der Waals surface area contributed by atoms with Crippen LogP contribution in [0.25, 0.3) is 17.2 Å². The van der Waals surface area contributed by atoms with Gasteiger partial charge in [0.15, 0.2) is 6.29 Å². The Morgan fingerprint density at radius 3 is 2.62 bits per heavy atom. The highest BCUT2D eigenvalue weighted by molar-refractivity contribution is 7.90. The van der Waals surface area contributed by atoms with Gasteiger partial charge in [0.05, 0.1) is 18.1 Å². The molecule has 5 rings (SSSR count). The van der Waals surface area contributed by atoms with Crippen molar-refractivity contribution in [3.05, 3.63) is 84.2 Å². The number of aromatic nitrogens is 1. The number of hydroxylamine groups is 1. The zero-order valence-electron chi connectivity index (χ0n) is 21.7. The van der Waals surface area contributed by atoms with Gasteiger partial charge in [0.1, 0.15) is 0 Å². The van der Waals surface area contributed by atoms with E-state index in [0.29, 0.717) is 12.2 Å². The van der Waals surface area contributed by atoms with Crippen LogP contribution in [0.5, 0.6) is 0 Å². The lowest BCUT2D eigenvalue weighted by Crippen LogP contribution is -2.35. The van der Waals surface area contributed by atoms with Crippen molar-refractivity contribution in [2.24, 2.45) is 0 Å².